The Balaban J connectivity index is 1.38. The van der Waals surface area contributed by atoms with Crippen LogP contribution < -0.4 is 5.32 Å². The van der Waals surface area contributed by atoms with E-state index in [2.05, 4.69) is 15.3 Å². The fraction of sp³-hybridized carbons (Fsp3) is 0.762. The van der Waals surface area contributed by atoms with Crippen molar-refractivity contribution in [2.24, 2.45) is 17.8 Å². The Hall–Kier alpha value is -1.63. The van der Waals surface area contributed by atoms with Gasteiger partial charge in [0.1, 0.15) is 5.82 Å². The highest BCUT2D eigenvalue weighted by molar-refractivity contribution is 5.95. The Morgan fingerprint density at radius 3 is 2.54 bits per heavy atom. The Morgan fingerprint density at radius 2 is 1.93 bits per heavy atom. The van der Waals surface area contributed by atoms with Crippen LogP contribution in [0.25, 0.3) is 0 Å². The van der Waals surface area contributed by atoms with Crippen LogP contribution in [0.5, 0.6) is 0 Å². The van der Waals surface area contributed by atoms with Gasteiger partial charge in [0.05, 0.1) is 16.9 Å². The molecule has 2 N–H and O–H groups in total. The minimum atomic E-state index is -2.69. The summed E-state index contributed by atoms with van der Waals surface area (Å²) in [6.45, 7) is 1.72. The molecular formula is C21H27F2N3O2. The molecule has 1 aromatic heterocycles. The van der Waals surface area contributed by atoms with Crippen molar-refractivity contribution in [1.29, 1.82) is 0 Å². The summed E-state index contributed by atoms with van der Waals surface area (Å²) in [5, 5.41) is 13.9. The molecule has 3 atom stereocenters. The van der Waals surface area contributed by atoms with Gasteiger partial charge in [0.15, 0.2) is 0 Å². The van der Waals surface area contributed by atoms with Gasteiger partial charge in [-0.3, -0.25) is 4.79 Å². The van der Waals surface area contributed by atoms with E-state index >= 15 is 0 Å². The van der Waals surface area contributed by atoms with Crippen molar-refractivity contribution < 1.29 is 18.7 Å². The van der Waals surface area contributed by atoms with E-state index in [4.69, 9.17) is 0 Å². The van der Waals surface area contributed by atoms with E-state index in [9.17, 15) is 18.7 Å². The van der Waals surface area contributed by atoms with Crippen molar-refractivity contribution in [3.05, 3.63) is 23.3 Å². The average Bonchev–Trinajstić information content (AvgIpc) is 2.96. The first kappa shape index (κ1) is 18.4. The van der Waals surface area contributed by atoms with Gasteiger partial charge in [0.25, 0.3) is 5.91 Å². The van der Waals surface area contributed by atoms with Gasteiger partial charge in [-0.15, -0.1) is 0 Å². The molecule has 3 unspecified atom stereocenters. The number of aryl methyl sites for hydroxylation is 1. The SMILES string of the molecule is Cc1ncc(C(=O)N[C@H]2C3CC4CC2C[C@@](O)(C4)C3)c(C2CCC(F)(F)C2)n1. The van der Waals surface area contributed by atoms with Gasteiger partial charge >= 0.3 is 0 Å². The van der Waals surface area contributed by atoms with E-state index < -0.39 is 17.4 Å². The number of rotatable bonds is 3. The van der Waals surface area contributed by atoms with Crippen molar-refractivity contribution in [2.75, 3.05) is 0 Å². The molecule has 1 amide bonds. The lowest BCUT2D eigenvalue weighted by atomic mass is 9.52. The van der Waals surface area contributed by atoms with Crippen molar-refractivity contribution in [1.82, 2.24) is 15.3 Å². The Morgan fingerprint density at radius 1 is 1.21 bits per heavy atom. The van der Waals surface area contributed by atoms with E-state index in [1.54, 1.807) is 6.92 Å². The predicted octanol–water partition coefficient (Wildman–Crippen LogP) is 3.36. The number of hydrogen-bond acceptors (Lipinski definition) is 4. The molecule has 5 nitrogen and oxygen atoms in total. The van der Waals surface area contributed by atoms with Crippen LogP contribution >= 0.6 is 0 Å². The van der Waals surface area contributed by atoms with Gasteiger partial charge in [0.2, 0.25) is 5.92 Å². The van der Waals surface area contributed by atoms with Crippen LogP contribution in [0.15, 0.2) is 6.20 Å². The van der Waals surface area contributed by atoms with Gasteiger partial charge in [-0.05, 0) is 63.2 Å². The molecule has 1 aromatic rings. The molecule has 1 heterocycles. The van der Waals surface area contributed by atoms with Crippen LogP contribution in [0.1, 0.15) is 79.2 Å². The van der Waals surface area contributed by atoms with E-state index in [0.29, 0.717) is 41.3 Å². The smallest absolute Gasteiger partial charge is 0.254 e. The highest BCUT2D eigenvalue weighted by atomic mass is 19.3. The first-order valence-electron chi connectivity index (χ1n) is 10.5. The minimum Gasteiger partial charge on any atom is -0.390 e. The van der Waals surface area contributed by atoms with Crippen molar-refractivity contribution in [3.8, 4) is 0 Å². The maximum atomic E-state index is 13.8. The molecule has 5 aliphatic rings. The molecule has 4 bridgehead atoms. The molecule has 5 aliphatic carbocycles. The van der Waals surface area contributed by atoms with Gasteiger partial charge in [-0.2, -0.15) is 0 Å². The van der Waals surface area contributed by atoms with Crippen molar-refractivity contribution in [3.63, 3.8) is 0 Å². The Bertz CT molecular complexity index is 799. The molecule has 5 fully saturated rings. The fourth-order valence-electron chi connectivity index (χ4n) is 6.60. The number of aliphatic hydroxyl groups is 1. The number of carbonyl (C=O) groups excluding carboxylic acids is 1. The number of hydrogen-bond donors (Lipinski definition) is 2. The topological polar surface area (TPSA) is 75.1 Å². The fourth-order valence-corrected chi connectivity index (χ4v) is 6.60. The monoisotopic (exact) mass is 391 g/mol. The molecule has 0 aliphatic heterocycles. The quantitative estimate of drug-likeness (QED) is 0.829. The van der Waals surface area contributed by atoms with E-state index in [-0.39, 0.29) is 24.8 Å². The first-order valence-corrected chi connectivity index (χ1v) is 10.5. The summed E-state index contributed by atoms with van der Waals surface area (Å²) in [5.74, 6) is -1.69. The molecule has 0 spiro atoms. The molecular weight excluding hydrogens is 364 g/mol. The highest BCUT2D eigenvalue weighted by Gasteiger charge is 2.55. The third-order valence-corrected chi connectivity index (χ3v) is 7.51. The van der Waals surface area contributed by atoms with Crippen LogP contribution in [0.3, 0.4) is 0 Å². The maximum Gasteiger partial charge on any atom is 0.254 e. The Labute approximate surface area is 163 Å². The second kappa shape index (κ2) is 6.18. The molecule has 28 heavy (non-hydrogen) atoms. The van der Waals surface area contributed by atoms with Crippen LogP contribution in [0.4, 0.5) is 8.78 Å². The number of halogens is 2. The third kappa shape index (κ3) is 3.11. The standard InChI is InChI=1S/C21H27F2N3O2/c1-11-24-10-16(18(25-11)13-2-3-21(22,23)9-13)19(27)26-17-14-4-12-5-15(17)8-20(28,6-12)7-14/h10,12-15,17,28H,2-9H2,1H3,(H,26,27)/t12?,13?,14?,15?,17-,20+. The number of alkyl halides is 2. The molecule has 152 valence electrons. The Kier molecular flexibility index (Phi) is 4.06. The summed E-state index contributed by atoms with van der Waals surface area (Å²) in [5.41, 5.74) is 0.246. The minimum absolute atomic E-state index is 0.0449. The zero-order valence-electron chi connectivity index (χ0n) is 16.1. The van der Waals surface area contributed by atoms with Crippen molar-refractivity contribution >= 4 is 5.91 Å². The average molecular weight is 391 g/mol. The van der Waals surface area contributed by atoms with Gasteiger partial charge < -0.3 is 10.4 Å². The molecule has 7 heteroatoms. The van der Waals surface area contributed by atoms with Crippen molar-refractivity contribution in [2.45, 2.75) is 81.8 Å². The van der Waals surface area contributed by atoms with Gasteiger partial charge in [-0.1, -0.05) is 0 Å². The highest BCUT2D eigenvalue weighted by Crippen LogP contribution is 2.55. The van der Waals surface area contributed by atoms with Crippen LogP contribution in [-0.4, -0.2) is 38.5 Å². The lowest BCUT2D eigenvalue weighted by molar-refractivity contribution is -0.136. The molecule has 0 radical (unpaired) electrons. The molecule has 0 saturated heterocycles. The summed E-state index contributed by atoms with van der Waals surface area (Å²) < 4.78 is 27.5. The normalized spacial score (nSPS) is 40.6. The largest absolute Gasteiger partial charge is 0.390 e. The summed E-state index contributed by atoms with van der Waals surface area (Å²) >= 11 is 0. The number of amides is 1. The number of aromatic nitrogens is 2. The van der Waals surface area contributed by atoms with E-state index in [0.717, 1.165) is 32.1 Å². The zero-order chi connectivity index (χ0) is 19.7. The van der Waals surface area contributed by atoms with Gasteiger partial charge in [0, 0.05) is 31.0 Å². The van der Waals surface area contributed by atoms with Crippen LogP contribution in [0.2, 0.25) is 0 Å². The predicted molar refractivity (Wildman–Crippen MR) is 98.1 cm³/mol. The van der Waals surface area contributed by atoms with E-state index in [1.165, 1.54) is 6.20 Å². The maximum absolute atomic E-state index is 13.8. The lowest BCUT2D eigenvalue weighted by Gasteiger charge is -2.58. The number of carbonyl (C=O) groups is 1. The van der Waals surface area contributed by atoms with Crippen LogP contribution in [0, 0.1) is 24.7 Å². The zero-order valence-corrected chi connectivity index (χ0v) is 16.1. The summed E-state index contributed by atoms with van der Waals surface area (Å²) in [6, 6.07) is 0.0449. The summed E-state index contributed by atoms with van der Waals surface area (Å²) in [6.07, 6.45) is 5.91. The summed E-state index contributed by atoms with van der Waals surface area (Å²) in [7, 11) is 0. The number of nitrogens with one attached hydrogen (secondary N) is 1. The molecule has 0 aromatic carbocycles. The van der Waals surface area contributed by atoms with Crippen LogP contribution in [-0.2, 0) is 0 Å². The second-order valence-corrected chi connectivity index (χ2v) is 9.71. The van der Waals surface area contributed by atoms with Gasteiger partial charge in [-0.25, -0.2) is 18.7 Å². The summed E-state index contributed by atoms with van der Waals surface area (Å²) in [4.78, 5) is 21.7. The number of nitrogens with zero attached hydrogens (tertiary/aromatic N) is 2. The van der Waals surface area contributed by atoms with E-state index in [1.807, 2.05) is 0 Å². The molecule has 5 saturated carbocycles. The lowest BCUT2D eigenvalue weighted by Crippen LogP contribution is -2.61. The first-order chi connectivity index (χ1) is 13.2. The third-order valence-electron chi connectivity index (χ3n) is 7.51. The molecule has 6 rings (SSSR count). The second-order valence-electron chi connectivity index (χ2n) is 9.71.